The molecule has 1 atom stereocenters. The minimum atomic E-state index is 0.199. The average Bonchev–Trinajstić information content (AvgIpc) is 1.97. The highest BCUT2D eigenvalue weighted by Gasteiger charge is 2.07. The van der Waals surface area contributed by atoms with Crippen molar-refractivity contribution in [1.29, 1.82) is 0 Å². The summed E-state index contributed by atoms with van der Waals surface area (Å²) in [5.41, 5.74) is 0. The van der Waals surface area contributed by atoms with E-state index in [2.05, 4.69) is 4.90 Å². The molecular formula is C8H19NO2. The lowest BCUT2D eigenvalue weighted by Crippen LogP contribution is -2.31. The summed E-state index contributed by atoms with van der Waals surface area (Å²) >= 11 is 0. The van der Waals surface area contributed by atoms with Crippen molar-refractivity contribution in [2.45, 2.75) is 13.0 Å². The smallest absolute Gasteiger partial charge is 0.0930 e. The van der Waals surface area contributed by atoms with Crippen molar-refractivity contribution in [3.63, 3.8) is 0 Å². The van der Waals surface area contributed by atoms with Gasteiger partial charge in [-0.1, -0.05) is 0 Å². The molecule has 0 aromatic carbocycles. The van der Waals surface area contributed by atoms with Gasteiger partial charge in [-0.15, -0.1) is 0 Å². The van der Waals surface area contributed by atoms with Crippen LogP contribution >= 0.6 is 0 Å². The summed E-state index contributed by atoms with van der Waals surface area (Å²) in [5.74, 6) is 0. The zero-order valence-corrected chi connectivity index (χ0v) is 7.96. The Morgan fingerprint density at radius 2 is 2.00 bits per heavy atom. The molecule has 3 heteroatoms. The molecule has 3 nitrogen and oxygen atoms in total. The predicted molar refractivity (Wildman–Crippen MR) is 45.8 cm³/mol. The number of methoxy groups -OCH3 is 1. The third-order valence-corrected chi connectivity index (χ3v) is 1.41. The quantitative estimate of drug-likeness (QED) is 0.569. The van der Waals surface area contributed by atoms with Gasteiger partial charge in [-0.3, -0.25) is 0 Å². The van der Waals surface area contributed by atoms with Gasteiger partial charge in [0.25, 0.3) is 0 Å². The van der Waals surface area contributed by atoms with Crippen LogP contribution in [0.3, 0.4) is 0 Å². The van der Waals surface area contributed by atoms with Crippen LogP contribution in [-0.4, -0.2) is 52.0 Å². The van der Waals surface area contributed by atoms with Gasteiger partial charge in [0.1, 0.15) is 0 Å². The number of rotatable bonds is 6. The highest BCUT2D eigenvalue weighted by atomic mass is 16.5. The van der Waals surface area contributed by atoms with Crippen LogP contribution < -0.4 is 0 Å². The van der Waals surface area contributed by atoms with Crippen LogP contribution in [-0.2, 0) is 9.47 Å². The van der Waals surface area contributed by atoms with Crippen LogP contribution in [0.15, 0.2) is 0 Å². The standard InChI is InChI=1S/C8H19NO2/c1-5-11-7-8(10-4)6-9(2)3/h8H,5-7H2,1-4H3/t8-/m0/s1. The normalized spacial score (nSPS) is 13.9. The lowest BCUT2D eigenvalue weighted by Gasteiger charge is -2.18. The largest absolute Gasteiger partial charge is 0.379 e. The molecule has 68 valence electrons. The van der Waals surface area contributed by atoms with Gasteiger partial charge in [-0.25, -0.2) is 0 Å². The van der Waals surface area contributed by atoms with Crippen molar-refractivity contribution in [2.24, 2.45) is 0 Å². The lowest BCUT2D eigenvalue weighted by molar-refractivity contribution is 0.000555. The molecule has 0 saturated carbocycles. The first-order valence-electron chi connectivity index (χ1n) is 3.96. The Bertz CT molecular complexity index is 86.2. The molecule has 0 saturated heterocycles. The van der Waals surface area contributed by atoms with E-state index in [0.717, 1.165) is 13.2 Å². The molecule has 0 aromatic heterocycles. The lowest BCUT2D eigenvalue weighted by atomic mass is 10.3. The maximum Gasteiger partial charge on any atom is 0.0930 e. The SMILES string of the molecule is CCOC[C@H](CN(C)C)OC. The molecule has 0 fully saturated rings. The van der Waals surface area contributed by atoms with E-state index in [1.807, 2.05) is 21.0 Å². The van der Waals surface area contributed by atoms with Crippen molar-refractivity contribution in [3.8, 4) is 0 Å². The van der Waals surface area contributed by atoms with Gasteiger partial charge in [0.05, 0.1) is 12.7 Å². The molecule has 0 bridgehead atoms. The van der Waals surface area contributed by atoms with E-state index in [1.165, 1.54) is 0 Å². The van der Waals surface area contributed by atoms with Crippen LogP contribution in [0, 0.1) is 0 Å². The highest BCUT2D eigenvalue weighted by Crippen LogP contribution is 1.93. The van der Waals surface area contributed by atoms with Crippen molar-refractivity contribution in [2.75, 3.05) is 41.0 Å². The van der Waals surface area contributed by atoms with Crippen LogP contribution in [0.5, 0.6) is 0 Å². The summed E-state index contributed by atoms with van der Waals surface area (Å²) in [6.07, 6.45) is 0.199. The summed E-state index contributed by atoms with van der Waals surface area (Å²) in [5, 5.41) is 0. The molecule has 0 N–H and O–H groups in total. The number of ether oxygens (including phenoxy) is 2. The van der Waals surface area contributed by atoms with E-state index in [0.29, 0.717) is 6.61 Å². The second-order valence-corrected chi connectivity index (χ2v) is 2.78. The third-order valence-electron chi connectivity index (χ3n) is 1.41. The van der Waals surface area contributed by atoms with Crippen LogP contribution in [0.2, 0.25) is 0 Å². The molecule has 0 heterocycles. The van der Waals surface area contributed by atoms with E-state index in [-0.39, 0.29) is 6.10 Å². The second-order valence-electron chi connectivity index (χ2n) is 2.78. The minimum absolute atomic E-state index is 0.199. The van der Waals surface area contributed by atoms with Gasteiger partial charge < -0.3 is 14.4 Å². The number of hydrogen-bond donors (Lipinski definition) is 0. The average molecular weight is 161 g/mol. The van der Waals surface area contributed by atoms with Gasteiger partial charge in [0.2, 0.25) is 0 Å². The molecule has 0 aliphatic heterocycles. The highest BCUT2D eigenvalue weighted by molar-refractivity contribution is 4.58. The van der Waals surface area contributed by atoms with E-state index in [9.17, 15) is 0 Å². The van der Waals surface area contributed by atoms with Gasteiger partial charge in [-0.2, -0.15) is 0 Å². The molecular weight excluding hydrogens is 142 g/mol. The van der Waals surface area contributed by atoms with Crippen LogP contribution in [0.4, 0.5) is 0 Å². The van der Waals surface area contributed by atoms with Gasteiger partial charge in [0.15, 0.2) is 0 Å². The molecule has 0 amide bonds. The zero-order valence-electron chi connectivity index (χ0n) is 7.96. The fourth-order valence-corrected chi connectivity index (χ4v) is 0.852. The number of hydrogen-bond acceptors (Lipinski definition) is 3. The third kappa shape index (κ3) is 6.28. The molecule has 0 radical (unpaired) electrons. The zero-order chi connectivity index (χ0) is 8.69. The van der Waals surface area contributed by atoms with Crippen molar-refractivity contribution >= 4 is 0 Å². The first-order valence-corrected chi connectivity index (χ1v) is 3.96. The van der Waals surface area contributed by atoms with E-state index < -0.39 is 0 Å². The molecule has 0 aromatic rings. The Labute approximate surface area is 69.3 Å². The van der Waals surface area contributed by atoms with E-state index in [4.69, 9.17) is 9.47 Å². The molecule has 0 spiro atoms. The molecule has 0 rings (SSSR count). The van der Waals surface area contributed by atoms with Crippen molar-refractivity contribution in [1.82, 2.24) is 4.90 Å². The molecule has 11 heavy (non-hydrogen) atoms. The minimum Gasteiger partial charge on any atom is -0.379 e. The summed E-state index contributed by atoms with van der Waals surface area (Å²) in [6.45, 7) is 4.34. The van der Waals surface area contributed by atoms with E-state index in [1.54, 1.807) is 7.11 Å². The Morgan fingerprint density at radius 3 is 2.36 bits per heavy atom. The van der Waals surface area contributed by atoms with Crippen LogP contribution in [0.1, 0.15) is 6.92 Å². The first kappa shape index (κ1) is 10.9. The summed E-state index contributed by atoms with van der Waals surface area (Å²) in [4.78, 5) is 2.09. The first-order chi connectivity index (χ1) is 5.20. The fraction of sp³-hybridized carbons (Fsp3) is 1.00. The summed E-state index contributed by atoms with van der Waals surface area (Å²) < 4.78 is 10.4. The van der Waals surface area contributed by atoms with Crippen LogP contribution in [0.25, 0.3) is 0 Å². The monoisotopic (exact) mass is 161 g/mol. The van der Waals surface area contributed by atoms with Gasteiger partial charge in [0, 0.05) is 20.3 Å². The predicted octanol–water partition coefficient (Wildman–Crippen LogP) is 0.599. The Morgan fingerprint density at radius 1 is 1.36 bits per heavy atom. The summed E-state index contributed by atoms with van der Waals surface area (Å²) in [7, 11) is 5.77. The molecule has 0 aliphatic rings. The maximum atomic E-state index is 5.24. The fourth-order valence-electron chi connectivity index (χ4n) is 0.852. The molecule has 0 aliphatic carbocycles. The van der Waals surface area contributed by atoms with Gasteiger partial charge in [-0.05, 0) is 21.0 Å². The number of likely N-dealkylation sites (N-methyl/N-ethyl adjacent to an activating group) is 1. The Kier molecular flexibility index (Phi) is 6.51. The summed E-state index contributed by atoms with van der Waals surface area (Å²) in [6, 6.07) is 0. The Balaban J connectivity index is 3.41. The van der Waals surface area contributed by atoms with E-state index >= 15 is 0 Å². The maximum absolute atomic E-state index is 5.24. The topological polar surface area (TPSA) is 21.7 Å². The van der Waals surface area contributed by atoms with Crippen molar-refractivity contribution < 1.29 is 9.47 Å². The van der Waals surface area contributed by atoms with Crippen molar-refractivity contribution in [3.05, 3.63) is 0 Å². The number of nitrogens with zero attached hydrogens (tertiary/aromatic N) is 1. The molecule has 0 unspecified atom stereocenters. The Hall–Kier alpha value is -0.120. The second kappa shape index (κ2) is 6.58. The van der Waals surface area contributed by atoms with Gasteiger partial charge >= 0.3 is 0 Å².